The van der Waals surface area contributed by atoms with Gasteiger partial charge in [-0.1, -0.05) is 36.1 Å². The molecule has 0 nitrogen and oxygen atoms in total. The lowest BCUT2D eigenvalue weighted by atomic mass is 9.97. The minimum atomic E-state index is 0.514. The molecule has 0 saturated heterocycles. The summed E-state index contributed by atoms with van der Waals surface area (Å²) in [6.45, 7) is 0. The summed E-state index contributed by atoms with van der Waals surface area (Å²) in [5.74, 6) is 0. The topological polar surface area (TPSA) is 0 Å². The van der Waals surface area contributed by atoms with E-state index in [1.807, 2.05) is 24.3 Å². The van der Waals surface area contributed by atoms with Gasteiger partial charge in [0.05, 0.1) is 7.85 Å². The van der Waals surface area contributed by atoms with Crippen LogP contribution in [0.1, 0.15) is 5.56 Å². The maximum absolute atomic E-state index is 5.74. The normalized spacial score (nSPS) is 9.44. The SMILES string of the molecule is [B]Cc1ccccc1Cl. The van der Waals surface area contributed by atoms with Gasteiger partial charge < -0.3 is 0 Å². The first kappa shape index (κ1) is 6.69. The Morgan fingerprint density at radius 1 is 1.33 bits per heavy atom. The van der Waals surface area contributed by atoms with E-state index in [0.717, 1.165) is 10.6 Å². The fourth-order valence-corrected chi connectivity index (χ4v) is 0.877. The summed E-state index contributed by atoms with van der Waals surface area (Å²) in [5.41, 5.74) is 0.999. The van der Waals surface area contributed by atoms with E-state index >= 15 is 0 Å². The van der Waals surface area contributed by atoms with E-state index in [1.54, 1.807) is 0 Å². The molecule has 0 unspecified atom stereocenters. The molecule has 2 heteroatoms. The summed E-state index contributed by atoms with van der Waals surface area (Å²) in [7, 11) is 5.37. The molecule has 0 spiro atoms. The van der Waals surface area contributed by atoms with Crippen molar-refractivity contribution in [1.29, 1.82) is 0 Å². The van der Waals surface area contributed by atoms with Crippen molar-refractivity contribution in [2.45, 2.75) is 6.32 Å². The van der Waals surface area contributed by atoms with Gasteiger partial charge in [0.1, 0.15) is 0 Å². The van der Waals surface area contributed by atoms with Crippen LogP contribution in [-0.2, 0) is 6.32 Å². The van der Waals surface area contributed by atoms with Crippen molar-refractivity contribution in [3.05, 3.63) is 34.9 Å². The highest BCUT2D eigenvalue weighted by Crippen LogP contribution is 2.13. The molecule has 0 N–H and O–H groups in total. The van der Waals surface area contributed by atoms with Crippen LogP contribution in [0.5, 0.6) is 0 Å². The van der Waals surface area contributed by atoms with Crippen molar-refractivity contribution in [2.75, 3.05) is 0 Å². The first-order valence-corrected chi connectivity index (χ1v) is 3.16. The van der Waals surface area contributed by atoms with E-state index in [-0.39, 0.29) is 0 Å². The lowest BCUT2D eigenvalue weighted by Crippen LogP contribution is -1.82. The molecule has 0 saturated carbocycles. The van der Waals surface area contributed by atoms with Crippen LogP contribution < -0.4 is 0 Å². The van der Waals surface area contributed by atoms with Crippen LogP contribution in [0.4, 0.5) is 0 Å². The van der Waals surface area contributed by atoms with Gasteiger partial charge in [0.15, 0.2) is 0 Å². The number of hydrogen-bond acceptors (Lipinski definition) is 0. The maximum Gasteiger partial charge on any atom is 0.0717 e. The quantitative estimate of drug-likeness (QED) is 0.518. The van der Waals surface area contributed by atoms with E-state index in [1.165, 1.54) is 0 Å². The smallest absolute Gasteiger partial charge is 0.0717 e. The summed E-state index contributed by atoms with van der Waals surface area (Å²) in [6, 6.07) is 7.57. The van der Waals surface area contributed by atoms with Crippen LogP contribution in [0.25, 0.3) is 0 Å². The fraction of sp³-hybridized carbons (Fsp3) is 0.143. The molecule has 0 atom stereocenters. The Morgan fingerprint density at radius 2 is 2.00 bits per heavy atom. The number of hydrogen-bond donors (Lipinski definition) is 0. The first-order chi connectivity index (χ1) is 4.34. The fourth-order valence-electron chi connectivity index (χ4n) is 0.664. The van der Waals surface area contributed by atoms with E-state index in [4.69, 9.17) is 19.4 Å². The Balaban J connectivity index is 3.01. The summed E-state index contributed by atoms with van der Waals surface area (Å²) >= 11 is 5.74. The number of halogens is 1. The minimum absolute atomic E-state index is 0.514. The average molecular weight is 136 g/mol. The second kappa shape index (κ2) is 2.93. The molecule has 1 rings (SSSR count). The highest BCUT2D eigenvalue weighted by atomic mass is 35.5. The van der Waals surface area contributed by atoms with Gasteiger partial charge in [-0.2, -0.15) is 0 Å². The van der Waals surface area contributed by atoms with Gasteiger partial charge in [-0.25, -0.2) is 0 Å². The van der Waals surface area contributed by atoms with Crippen LogP contribution in [0, 0.1) is 0 Å². The average Bonchev–Trinajstić information content (AvgIpc) is 1.89. The van der Waals surface area contributed by atoms with E-state index in [2.05, 4.69) is 0 Å². The molecule has 0 aliphatic heterocycles. The minimum Gasteiger partial charge on any atom is -0.0841 e. The van der Waals surface area contributed by atoms with Crippen molar-refractivity contribution in [3.8, 4) is 0 Å². The van der Waals surface area contributed by atoms with Crippen LogP contribution >= 0.6 is 11.6 Å². The molecule has 0 amide bonds. The van der Waals surface area contributed by atoms with Gasteiger partial charge in [0.25, 0.3) is 0 Å². The second-order valence-electron chi connectivity index (χ2n) is 1.80. The van der Waals surface area contributed by atoms with Gasteiger partial charge in [-0.05, 0) is 11.6 Å². The molecule has 2 radical (unpaired) electrons. The molecular weight excluding hydrogens is 130 g/mol. The summed E-state index contributed by atoms with van der Waals surface area (Å²) in [4.78, 5) is 0. The zero-order valence-electron chi connectivity index (χ0n) is 4.97. The Morgan fingerprint density at radius 3 is 2.44 bits per heavy atom. The zero-order chi connectivity index (χ0) is 6.69. The van der Waals surface area contributed by atoms with Gasteiger partial charge in [-0.15, -0.1) is 0 Å². The van der Waals surface area contributed by atoms with Crippen molar-refractivity contribution >= 4 is 19.4 Å². The molecule has 9 heavy (non-hydrogen) atoms. The Bertz CT molecular complexity index is 198. The molecule has 1 aromatic rings. The lowest BCUT2D eigenvalue weighted by molar-refractivity contribution is 1.40. The van der Waals surface area contributed by atoms with Crippen molar-refractivity contribution in [2.24, 2.45) is 0 Å². The Labute approximate surface area is 61.3 Å². The number of benzene rings is 1. The number of rotatable bonds is 1. The Hall–Kier alpha value is -0.425. The predicted molar refractivity (Wildman–Crippen MR) is 40.9 cm³/mol. The van der Waals surface area contributed by atoms with Crippen LogP contribution in [0.15, 0.2) is 24.3 Å². The van der Waals surface area contributed by atoms with Gasteiger partial charge >= 0.3 is 0 Å². The van der Waals surface area contributed by atoms with Gasteiger partial charge in [0.2, 0.25) is 0 Å². The highest BCUT2D eigenvalue weighted by molar-refractivity contribution is 6.31. The second-order valence-corrected chi connectivity index (χ2v) is 2.20. The molecule has 0 fully saturated rings. The Kier molecular flexibility index (Phi) is 2.18. The van der Waals surface area contributed by atoms with Crippen LogP contribution in [0.3, 0.4) is 0 Å². The third-order valence-electron chi connectivity index (χ3n) is 1.18. The molecular formula is C7H6BCl. The summed E-state index contributed by atoms with van der Waals surface area (Å²) in [5, 5.41) is 0.750. The van der Waals surface area contributed by atoms with Crippen molar-refractivity contribution < 1.29 is 0 Å². The maximum atomic E-state index is 5.74. The lowest BCUT2D eigenvalue weighted by Gasteiger charge is -1.96. The van der Waals surface area contributed by atoms with Crippen LogP contribution in [0.2, 0.25) is 5.02 Å². The summed E-state index contributed by atoms with van der Waals surface area (Å²) in [6.07, 6.45) is 0.514. The largest absolute Gasteiger partial charge is 0.0841 e. The molecule has 0 aliphatic carbocycles. The van der Waals surface area contributed by atoms with E-state index < -0.39 is 0 Å². The van der Waals surface area contributed by atoms with Crippen molar-refractivity contribution in [3.63, 3.8) is 0 Å². The first-order valence-electron chi connectivity index (χ1n) is 2.78. The van der Waals surface area contributed by atoms with Crippen LogP contribution in [-0.4, -0.2) is 7.85 Å². The highest BCUT2D eigenvalue weighted by Gasteiger charge is 1.91. The molecule has 44 valence electrons. The monoisotopic (exact) mass is 136 g/mol. The van der Waals surface area contributed by atoms with Gasteiger partial charge in [0, 0.05) is 5.02 Å². The van der Waals surface area contributed by atoms with Crippen molar-refractivity contribution in [1.82, 2.24) is 0 Å². The van der Waals surface area contributed by atoms with E-state index in [0.29, 0.717) is 6.32 Å². The predicted octanol–water partition coefficient (Wildman–Crippen LogP) is 2.01. The summed E-state index contributed by atoms with van der Waals surface area (Å²) < 4.78 is 0. The zero-order valence-corrected chi connectivity index (χ0v) is 5.73. The third kappa shape index (κ3) is 1.49. The van der Waals surface area contributed by atoms with E-state index in [9.17, 15) is 0 Å². The third-order valence-corrected chi connectivity index (χ3v) is 1.55. The molecule has 0 bridgehead atoms. The van der Waals surface area contributed by atoms with Gasteiger partial charge in [-0.3, -0.25) is 0 Å². The molecule has 0 aromatic heterocycles. The molecule has 1 aromatic carbocycles. The molecule has 0 heterocycles. The standard InChI is InChI=1S/C7H6BCl/c8-5-6-3-1-2-4-7(6)9/h1-4H,5H2. The molecule has 0 aliphatic rings.